The fraction of sp³-hybridized carbons (Fsp3) is 0.690. The number of aliphatic carboxylic acids is 1. The highest BCUT2D eigenvalue weighted by Crippen LogP contribution is 2.39. The van der Waals surface area contributed by atoms with Crippen LogP contribution in [0.1, 0.15) is 66.9 Å². The van der Waals surface area contributed by atoms with Crippen LogP contribution in [0.25, 0.3) is 0 Å². The van der Waals surface area contributed by atoms with Gasteiger partial charge in [-0.3, -0.25) is 4.79 Å². The summed E-state index contributed by atoms with van der Waals surface area (Å²) in [5.74, 6) is -0.674. The van der Waals surface area contributed by atoms with Crippen LogP contribution in [-0.4, -0.2) is 83.5 Å². The fourth-order valence-electron chi connectivity index (χ4n) is 6.05. The van der Waals surface area contributed by atoms with Crippen molar-refractivity contribution in [3.05, 3.63) is 29.8 Å². The van der Waals surface area contributed by atoms with Crippen LogP contribution < -0.4 is 10.3 Å². The summed E-state index contributed by atoms with van der Waals surface area (Å²) in [5.41, 5.74) is 4.77. The van der Waals surface area contributed by atoms with Crippen LogP contribution in [-0.2, 0) is 20.7 Å². The molecule has 9 nitrogen and oxygen atoms in total. The summed E-state index contributed by atoms with van der Waals surface area (Å²) in [6, 6.07) is 8.68. The van der Waals surface area contributed by atoms with Crippen molar-refractivity contribution in [3.63, 3.8) is 0 Å². The second-order valence-corrected chi connectivity index (χ2v) is 13.1. The Labute approximate surface area is 227 Å². The lowest BCUT2D eigenvalue weighted by Crippen LogP contribution is -2.72. The van der Waals surface area contributed by atoms with Gasteiger partial charge in [0.25, 0.3) is 5.91 Å². The van der Waals surface area contributed by atoms with E-state index >= 15 is 0 Å². The maximum Gasteiger partial charge on any atom is 0.410 e. The molecule has 9 heteroatoms. The number of nitrogens with zero attached hydrogens (tertiary/aromatic N) is 3. The molecule has 2 saturated heterocycles. The molecule has 2 aliphatic heterocycles. The molecule has 0 spiro atoms. The number of rotatable bonds is 6. The zero-order valence-electron chi connectivity index (χ0n) is 24.2. The average Bonchev–Trinajstić information content (AvgIpc) is 2.78. The van der Waals surface area contributed by atoms with E-state index in [9.17, 15) is 19.5 Å². The Bertz CT molecular complexity index is 972. The van der Waals surface area contributed by atoms with Gasteiger partial charge in [0.05, 0.1) is 0 Å². The summed E-state index contributed by atoms with van der Waals surface area (Å²) in [5, 5.41) is 9.65. The molecule has 3 rings (SSSR count). The van der Waals surface area contributed by atoms with Crippen molar-refractivity contribution in [1.82, 2.24) is 10.3 Å². The van der Waals surface area contributed by atoms with Gasteiger partial charge in [-0.25, -0.2) is 19.6 Å². The minimum Gasteiger partial charge on any atom is -0.477 e. The summed E-state index contributed by atoms with van der Waals surface area (Å²) in [4.78, 5) is 40.3. The monoisotopic (exact) mass is 531 g/mol. The Morgan fingerprint density at radius 2 is 1.63 bits per heavy atom. The molecule has 2 N–H and O–H groups in total. The zero-order valence-corrected chi connectivity index (χ0v) is 24.2. The summed E-state index contributed by atoms with van der Waals surface area (Å²) in [6.45, 7) is 16.8. The standard InChI is InChI=1S/C29H46N4O5/c1-21(34)30-33(20-26(35)36)17-12-23(19-25(33)28(2,3)4)18-22-8-10-24(11-9-22)31-13-15-32(16-14-31)27(37)38-29(5,6)7/h8-11,23,25H,12-20H2,1-7H3,(H-,30,34,35,36)/p+1. The number of piperazine rings is 1. The summed E-state index contributed by atoms with van der Waals surface area (Å²) >= 11 is 0. The molecule has 1 aromatic carbocycles. The van der Waals surface area contributed by atoms with E-state index < -0.39 is 11.6 Å². The van der Waals surface area contributed by atoms with E-state index in [0.717, 1.165) is 38.0 Å². The number of carboxylic acids is 1. The Kier molecular flexibility index (Phi) is 9.01. The van der Waals surface area contributed by atoms with Crippen molar-refractivity contribution < 1.29 is 28.8 Å². The largest absolute Gasteiger partial charge is 0.477 e. The van der Waals surface area contributed by atoms with Gasteiger partial charge in [-0.1, -0.05) is 32.9 Å². The predicted octanol–water partition coefficient (Wildman–Crippen LogP) is 4.06. The predicted molar refractivity (Wildman–Crippen MR) is 148 cm³/mol. The SMILES string of the molecule is CC(=O)N[N+]1(CC(=O)O)CCC(Cc2ccc(N3CCN(C(=O)OC(C)(C)C)CC3)cc2)CC1C(C)(C)C. The number of nitrogens with one attached hydrogen (secondary N) is 1. The lowest BCUT2D eigenvalue weighted by atomic mass is 9.74. The molecule has 0 aromatic heterocycles. The van der Waals surface area contributed by atoms with E-state index in [1.807, 2.05) is 20.8 Å². The molecule has 2 aliphatic rings. The van der Waals surface area contributed by atoms with Crippen molar-refractivity contribution >= 4 is 23.7 Å². The van der Waals surface area contributed by atoms with Crippen molar-refractivity contribution in [2.75, 3.05) is 44.2 Å². The molecule has 38 heavy (non-hydrogen) atoms. The molecule has 3 atom stereocenters. The molecule has 0 bridgehead atoms. The van der Waals surface area contributed by atoms with Gasteiger partial charge in [0.1, 0.15) is 18.2 Å². The van der Waals surface area contributed by atoms with Crippen LogP contribution in [0.5, 0.6) is 0 Å². The highest BCUT2D eigenvalue weighted by molar-refractivity contribution is 5.72. The third-order valence-electron chi connectivity index (χ3n) is 7.64. The molecule has 0 aliphatic carbocycles. The van der Waals surface area contributed by atoms with Gasteiger partial charge in [0.15, 0.2) is 6.54 Å². The minimum atomic E-state index is -0.894. The lowest BCUT2D eigenvalue weighted by molar-refractivity contribution is -0.988. The second-order valence-electron chi connectivity index (χ2n) is 13.1. The Morgan fingerprint density at radius 1 is 1.03 bits per heavy atom. The second kappa shape index (κ2) is 11.5. The maximum absolute atomic E-state index is 12.4. The van der Waals surface area contributed by atoms with Gasteiger partial charge in [-0.05, 0) is 50.8 Å². The average molecular weight is 532 g/mol. The molecule has 2 fully saturated rings. The van der Waals surface area contributed by atoms with Crippen LogP contribution in [0.2, 0.25) is 0 Å². The van der Waals surface area contributed by atoms with Gasteiger partial charge < -0.3 is 19.6 Å². The van der Waals surface area contributed by atoms with E-state index in [-0.39, 0.29) is 34.6 Å². The Morgan fingerprint density at radius 3 is 2.13 bits per heavy atom. The molecule has 1 aromatic rings. The molecule has 0 saturated carbocycles. The van der Waals surface area contributed by atoms with Crippen molar-refractivity contribution in [1.29, 1.82) is 0 Å². The number of carboxylic acid groups (broad SMARTS) is 1. The van der Waals surface area contributed by atoms with E-state index in [2.05, 4.69) is 55.4 Å². The quantitative estimate of drug-likeness (QED) is 0.537. The molecular formula is C29H47N4O5+. The minimum absolute atomic E-state index is 0.00166. The first-order valence-corrected chi connectivity index (χ1v) is 13.8. The third-order valence-corrected chi connectivity index (χ3v) is 7.64. The van der Waals surface area contributed by atoms with E-state index in [0.29, 0.717) is 25.6 Å². The number of piperidine rings is 1. The van der Waals surface area contributed by atoms with Gasteiger partial charge in [0, 0.05) is 57.0 Å². The van der Waals surface area contributed by atoms with Crippen LogP contribution in [0.4, 0.5) is 10.5 Å². The number of benzene rings is 1. The number of quaternary nitrogens is 1. The van der Waals surface area contributed by atoms with Crippen LogP contribution >= 0.6 is 0 Å². The third kappa shape index (κ3) is 7.85. The number of carbonyl (C=O) groups excluding carboxylic acids is 2. The number of likely N-dealkylation sites (tertiary alicyclic amines) is 1. The normalized spacial score (nSPS) is 24.6. The first-order chi connectivity index (χ1) is 17.6. The highest BCUT2D eigenvalue weighted by atomic mass is 16.6. The van der Waals surface area contributed by atoms with Gasteiger partial charge in [-0.2, -0.15) is 0 Å². The number of amides is 2. The van der Waals surface area contributed by atoms with Crippen LogP contribution in [0, 0.1) is 11.3 Å². The number of hydrogen-bond acceptors (Lipinski definition) is 5. The van der Waals surface area contributed by atoms with Crippen LogP contribution in [0.3, 0.4) is 0 Å². The van der Waals surface area contributed by atoms with Gasteiger partial charge in [-0.15, -0.1) is 0 Å². The lowest BCUT2D eigenvalue weighted by Gasteiger charge is -2.52. The van der Waals surface area contributed by atoms with Crippen molar-refractivity contribution in [3.8, 4) is 0 Å². The van der Waals surface area contributed by atoms with Gasteiger partial charge in [0.2, 0.25) is 0 Å². The molecule has 0 radical (unpaired) electrons. The fourth-order valence-corrected chi connectivity index (χ4v) is 6.05. The molecule has 2 amide bonds. The van der Waals surface area contributed by atoms with Crippen molar-refractivity contribution in [2.45, 2.75) is 79.4 Å². The maximum atomic E-state index is 12.4. The smallest absolute Gasteiger partial charge is 0.410 e. The number of carbonyl (C=O) groups is 3. The first-order valence-electron chi connectivity index (χ1n) is 13.8. The number of anilines is 1. The number of ether oxygens (including phenoxy) is 1. The van der Waals surface area contributed by atoms with E-state index in [1.54, 1.807) is 4.90 Å². The first kappa shape index (κ1) is 29.7. The molecule has 2 heterocycles. The zero-order chi connectivity index (χ0) is 28.3. The van der Waals surface area contributed by atoms with E-state index in [4.69, 9.17) is 4.74 Å². The Balaban J connectivity index is 1.62. The van der Waals surface area contributed by atoms with Crippen LogP contribution in [0.15, 0.2) is 24.3 Å². The highest BCUT2D eigenvalue weighted by Gasteiger charge is 2.50. The number of hydrogen-bond donors (Lipinski definition) is 2. The summed E-state index contributed by atoms with van der Waals surface area (Å²) < 4.78 is 5.61. The van der Waals surface area contributed by atoms with Gasteiger partial charge >= 0.3 is 12.1 Å². The van der Waals surface area contributed by atoms with Crippen molar-refractivity contribution in [2.24, 2.45) is 11.3 Å². The topological polar surface area (TPSA) is 99.2 Å². The Hall–Kier alpha value is -2.81. The molecule has 3 unspecified atom stereocenters. The summed E-state index contributed by atoms with van der Waals surface area (Å²) in [7, 11) is 0. The van der Waals surface area contributed by atoms with E-state index in [1.165, 1.54) is 12.5 Å². The molecule has 212 valence electrons. The summed E-state index contributed by atoms with van der Waals surface area (Å²) in [6.07, 6.45) is 2.38. The molecular weight excluding hydrogens is 484 g/mol.